The molecule has 0 aliphatic carbocycles. The molecule has 1 aliphatic rings. The van der Waals surface area contributed by atoms with Gasteiger partial charge in [0, 0.05) is 6.54 Å². The Hall–Kier alpha value is -3.15. The first kappa shape index (κ1) is 21.6. The number of hydrogen-bond acceptors (Lipinski definition) is 5. The largest absolute Gasteiger partial charge is 0.456 e. The first-order chi connectivity index (χ1) is 14.2. The molecule has 2 aromatic rings. The van der Waals surface area contributed by atoms with E-state index in [1.807, 2.05) is 76.2 Å². The summed E-state index contributed by atoms with van der Waals surface area (Å²) in [5.74, 6) is 1.84. The van der Waals surface area contributed by atoms with Gasteiger partial charge in [-0.2, -0.15) is 0 Å². The Bertz CT molecular complexity index is 932. The summed E-state index contributed by atoms with van der Waals surface area (Å²) >= 11 is 0. The van der Waals surface area contributed by atoms with Crippen LogP contribution in [0.2, 0.25) is 0 Å². The molecule has 1 heterocycles. The van der Waals surface area contributed by atoms with Crippen molar-refractivity contribution in [2.75, 3.05) is 5.32 Å². The number of carbonyl (C=O) groups excluding carboxylic acids is 1. The first-order valence-electron chi connectivity index (χ1n) is 10.3. The zero-order valence-electron chi connectivity index (χ0n) is 18.4. The molecule has 0 radical (unpaired) electrons. The fraction of sp³-hybridized carbons (Fsp3) is 0.375. The zero-order chi connectivity index (χ0) is 21.9. The van der Waals surface area contributed by atoms with Crippen molar-refractivity contribution in [3.05, 3.63) is 71.2 Å². The van der Waals surface area contributed by atoms with Crippen molar-refractivity contribution in [1.82, 2.24) is 4.90 Å². The van der Waals surface area contributed by atoms with Crippen LogP contribution in [0.5, 0.6) is 5.75 Å². The first-order valence-corrected chi connectivity index (χ1v) is 10.3. The number of ether oxygens (including phenoxy) is 2. The van der Waals surface area contributed by atoms with Gasteiger partial charge < -0.3 is 20.5 Å². The fourth-order valence-electron chi connectivity index (χ4n) is 3.43. The van der Waals surface area contributed by atoms with Gasteiger partial charge in [-0.15, -0.1) is 0 Å². The molecule has 30 heavy (non-hydrogen) atoms. The monoisotopic (exact) mass is 409 g/mol. The average Bonchev–Trinajstić information content (AvgIpc) is 2.68. The summed E-state index contributed by atoms with van der Waals surface area (Å²) in [6.07, 6.45) is 0.395. The van der Waals surface area contributed by atoms with Gasteiger partial charge in [-0.05, 0) is 57.4 Å². The highest BCUT2D eigenvalue weighted by molar-refractivity contribution is 5.70. The smallest absolute Gasteiger partial charge is 0.411 e. The second-order valence-corrected chi connectivity index (χ2v) is 8.47. The number of benzene rings is 2. The Kier molecular flexibility index (Phi) is 6.25. The molecule has 6 nitrogen and oxygen atoms in total. The van der Waals surface area contributed by atoms with E-state index in [-0.39, 0.29) is 12.1 Å². The Morgan fingerprint density at radius 1 is 1.20 bits per heavy atom. The quantitative estimate of drug-likeness (QED) is 0.679. The summed E-state index contributed by atoms with van der Waals surface area (Å²) in [5.41, 5.74) is 8.24. The molecule has 3 N–H and O–H groups in total. The van der Waals surface area contributed by atoms with Crippen LogP contribution in [0.25, 0.3) is 0 Å². The Morgan fingerprint density at radius 2 is 1.90 bits per heavy atom. The lowest BCUT2D eigenvalue weighted by Crippen LogP contribution is -2.38. The van der Waals surface area contributed by atoms with Crippen molar-refractivity contribution >= 4 is 11.8 Å². The molecule has 0 bridgehead atoms. The van der Waals surface area contributed by atoms with Gasteiger partial charge in [-0.25, -0.2) is 4.79 Å². The van der Waals surface area contributed by atoms with E-state index in [0.29, 0.717) is 23.9 Å². The molecule has 1 unspecified atom stereocenters. The molecule has 2 aromatic carbocycles. The summed E-state index contributed by atoms with van der Waals surface area (Å²) in [6.45, 7) is 9.97. The molecule has 6 heteroatoms. The molecular weight excluding hydrogens is 378 g/mol. The number of nitrogens with two attached hydrogens (primary N) is 1. The maximum absolute atomic E-state index is 13.2. The third-order valence-electron chi connectivity index (χ3n) is 4.89. The third kappa shape index (κ3) is 5.06. The van der Waals surface area contributed by atoms with E-state index in [0.717, 1.165) is 23.2 Å². The van der Waals surface area contributed by atoms with Crippen LogP contribution in [-0.2, 0) is 11.3 Å². The van der Waals surface area contributed by atoms with Gasteiger partial charge in [0.2, 0.25) is 0 Å². The number of rotatable bonds is 5. The van der Waals surface area contributed by atoms with E-state index in [9.17, 15) is 4.79 Å². The number of nitrogens with one attached hydrogen (secondary N) is 1. The van der Waals surface area contributed by atoms with Gasteiger partial charge >= 0.3 is 6.09 Å². The van der Waals surface area contributed by atoms with Gasteiger partial charge in [0.05, 0.1) is 11.7 Å². The number of carbonyl (C=O) groups is 1. The van der Waals surface area contributed by atoms with Crippen molar-refractivity contribution in [3.8, 4) is 5.75 Å². The molecule has 0 spiro atoms. The van der Waals surface area contributed by atoms with Crippen molar-refractivity contribution < 1.29 is 14.3 Å². The Balaban J connectivity index is 1.94. The lowest BCUT2D eigenvalue weighted by Gasteiger charge is -2.34. The van der Waals surface area contributed by atoms with Crippen molar-refractivity contribution in [2.24, 2.45) is 5.73 Å². The number of amides is 1. The minimum atomic E-state index is -0.577. The summed E-state index contributed by atoms with van der Waals surface area (Å²) in [5, 5.41) is 3.18. The maximum Gasteiger partial charge on any atom is 0.411 e. The summed E-state index contributed by atoms with van der Waals surface area (Å²) < 4.78 is 11.5. The molecule has 0 aromatic heterocycles. The van der Waals surface area contributed by atoms with Crippen LogP contribution in [0.1, 0.15) is 58.2 Å². The highest BCUT2D eigenvalue weighted by atomic mass is 16.6. The molecule has 0 fully saturated rings. The Labute approximate surface area is 178 Å². The Morgan fingerprint density at radius 3 is 2.53 bits per heavy atom. The number of anilines is 1. The average molecular weight is 410 g/mol. The standard InChI is InChI=1S/C24H31N3O3/c1-6-20(18-12-13-21-19(14-18)26-22(25)16(2)29-21)27(23(28)30-24(3,4)5)15-17-10-8-7-9-11-17/h7-14,20,26H,6,15,25H2,1-5H3. The lowest BCUT2D eigenvalue weighted by atomic mass is 10.0. The summed E-state index contributed by atoms with van der Waals surface area (Å²) in [7, 11) is 0. The van der Waals surface area contributed by atoms with E-state index in [2.05, 4.69) is 12.2 Å². The molecule has 1 amide bonds. The SMILES string of the molecule is CCC(c1ccc2c(c1)NC(N)=C(C)O2)N(Cc1ccccc1)C(=O)OC(C)(C)C. The molecule has 0 saturated carbocycles. The van der Waals surface area contributed by atoms with Gasteiger partial charge in [0.25, 0.3) is 0 Å². The second-order valence-electron chi connectivity index (χ2n) is 8.47. The van der Waals surface area contributed by atoms with Crippen LogP contribution >= 0.6 is 0 Å². The van der Waals surface area contributed by atoms with Crippen LogP contribution in [0.15, 0.2) is 60.1 Å². The van der Waals surface area contributed by atoms with Crippen LogP contribution in [0.3, 0.4) is 0 Å². The molecule has 1 aliphatic heterocycles. The predicted octanol–water partition coefficient (Wildman–Crippen LogP) is 5.53. The van der Waals surface area contributed by atoms with Crippen LogP contribution < -0.4 is 15.8 Å². The highest BCUT2D eigenvalue weighted by Gasteiger charge is 2.29. The van der Waals surface area contributed by atoms with E-state index < -0.39 is 5.60 Å². The molecule has 160 valence electrons. The number of nitrogens with zero attached hydrogens (tertiary/aromatic N) is 1. The van der Waals surface area contributed by atoms with Crippen molar-refractivity contribution in [1.29, 1.82) is 0 Å². The van der Waals surface area contributed by atoms with Crippen molar-refractivity contribution in [2.45, 2.75) is 59.2 Å². The lowest BCUT2D eigenvalue weighted by molar-refractivity contribution is 0.0131. The minimum absolute atomic E-state index is 0.166. The molecule has 1 atom stereocenters. The van der Waals surface area contributed by atoms with E-state index in [4.69, 9.17) is 15.2 Å². The van der Waals surface area contributed by atoms with E-state index in [1.54, 1.807) is 4.90 Å². The highest BCUT2D eigenvalue weighted by Crippen LogP contribution is 2.36. The minimum Gasteiger partial charge on any atom is -0.456 e. The molecular formula is C24H31N3O3. The van der Waals surface area contributed by atoms with Gasteiger partial charge in [0.15, 0.2) is 5.75 Å². The van der Waals surface area contributed by atoms with E-state index >= 15 is 0 Å². The maximum atomic E-state index is 13.2. The van der Waals surface area contributed by atoms with Crippen LogP contribution in [0.4, 0.5) is 10.5 Å². The summed E-state index contributed by atoms with van der Waals surface area (Å²) in [6, 6.07) is 15.7. The van der Waals surface area contributed by atoms with Crippen LogP contribution in [0, 0.1) is 0 Å². The molecule has 3 rings (SSSR count). The normalized spacial score (nSPS) is 14.3. The van der Waals surface area contributed by atoms with E-state index in [1.165, 1.54) is 0 Å². The third-order valence-corrected chi connectivity index (χ3v) is 4.89. The van der Waals surface area contributed by atoms with Gasteiger partial charge in [-0.1, -0.05) is 43.3 Å². The number of allylic oxidation sites excluding steroid dienone is 1. The van der Waals surface area contributed by atoms with Crippen molar-refractivity contribution in [3.63, 3.8) is 0 Å². The van der Waals surface area contributed by atoms with Crippen LogP contribution in [-0.4, -0.2) is 16.6 Å². The second kappa shape index (κ2) is 8.69. The topological polar surface area (TPSA) is 76.8 Å². The number of hydrogen-bond donors (Lipinski definition) is 2. The molecule has 0 saturated heterocycles. The number of fused-ring (bicyclic) bond motifs is 1. The predicted molar refractivity (Wildman–Crippen MR) is 119 cm³/mol. The fourth-order valence-corrected chi connectivity index (χ4v) is 3.43. The van der Waals surface area contributed by atoms with Gasteiger partial charge in [-0.3, -0.25) is 4.90 Å². The summed E-state index contributed by atoms with van der Waals surface area (Å²) in [4.78, 5) is 14.9. The van der Waals surface area contributed by atoms with Gasteiger partial charge in [0.1, 0.15) is 17.2 Å². The zero-order valence-corrected chi connectivity index (χ0v) is 18.4.